The average Bonchev–Trinajstić information content (AvgIpc) is 2.09. The molecule has 0 aromatic heterocycles. The lowest BCUT2D eigenvalue weighted by Gasteiger charge is -2.27. The predicted molar refractivity (Wildman–Crippen MR) is 50.7 cm³/mol. The Morgan fingerprint density at radius 1 is 1.33 bits per heavy atom. The Bertz CT molecular complexity index is 142. The van der Waals surface area contributed by atoms with Crippen molar-refractivity contribution in [2.75, 3.05) is 6.54 Å². The van der Waals surface area contributed by atoms with Crippen LogP contribution in [0.5, 0.6) is 0 Å². The molecule has 0 aromatic rings. The third kappa shape index (κ3) is 2.29. The van der Waals surface area contributed by atoms with E-state index in [1.54, 1.807) is 0 Å². The summed E-state index contributed by atoms with van der Waals surface area (Å²) in [6.45, 7) is 8.56. The molecule has 0 saturated carbocycles. The van der Waals surface area contributed by atoms with Crippen LogP contribution < -0.4 is 0 Å². The van der Waals surface area contributed by atoms with Gasteiger partial charge in [-0.1, -0.05) is 13.8 Å². The maximum atomic E-state index is 8.79. The van der Waals surface area contributed by atoms with Gasteiger partial charge in [-0.3, -0.25) is 10.2 Å². The van der Waals surface area contributed by atoms with Crippen LogP contribution in [0.25, 0.3) is 0 Å². The fourth-order valence-electron chi connectivity index (χ4n) is 1.34. The Morgan fingerprint density at radius 3 is 2.08 bits per heavy atom. The second-order valence-electron chi connectivity index (χ2n) is 2.85. The predicted octanol–water partition coefficient (Wildman–Crippen LogP) is 2.52. The summed E-state index contributed by atoms with van der Waals surface area (Å²) in [5, 5.41) is 8.79. The minimum atomic E-state index is -0.560. The maximum absolute atomic E-state index is 8.79. The molecule has 0 amide bonds. The monoisotopic (exact) mass is 173 g/mol. The molecular formula is C9H19NO2. The summed E-state index contributed by atoms with van der Waals surface area (Å²) < 4.78 is 0. The van der Waals surface area contributed by atoms with E-state index >= 15 is 0 Å². The largest absolute Gasteiger partial charge is 0.292 e. The first kappa shape index (κ1) is 11.6. The van der Waals surface area contributed by atoms with E-state index in [-0.39, 0.29) is 0 Å². The lowest BCUT2D eigenvalue weighted by Crippen LogP contribution is -2.38. The molecule has 3 nitrogen and oxygen atoms in total. The zero-order valence-corrected chi connectivity index (χ0v) is 8.42. The molecule has 0 rings (SSSR count). The van der Waals surface area contributed by atoms with E-state index in [2.05, 4.69) is 9.88 Å². The molecule has 0 aliphatic rings. The van der Waals surface area contributed by atoms with Crippen LogP contribution in [0.2, 0.25) is 0 Å². The molecule has 12 heavy (non-hydrogen) atoms. The van der Waals surface area contributed by atoms with E-state index in [0.717, 1.165) is 25.1 Å². The molecule has 0 spiro atoms. The van der Waals surface area contributed by atoms with Gasteiger partial charge >= 0.3 is 0 Å². The summed E-state index contributed by atoms with van der Waals surface area (Å²) >= 11 is 0. The van der Waals surface area contributed by atoms with E-state index in [4.69, 9.17) is 5.26 Å². The van der Waals surface area contributed by atoms with E-state index in [1.165, 1.54) is 0 Å². The molecule has 1 N–H and O–H groups in total. The summed E-state index contributed by atoms with van der Waals surface area (Å²) in [6, 6.07) is 0. The molecule has 0 aromatic carbocycles. The standard InChI is InChI=1S/C9H19NO2/c1-5-9(6-2,12-11)8(4)10-7-3/h11H,5-7H2,1-4H3. The Hall–Kier alpha value is -0.410. The van der Waals surface area contributed by atoms with Crippen LogP contribution in [-0.4, -0.2) is 23.1 Å². The maximum Gasteiger partial charge on any atom is 0.140 e. The van der Waals surface area contributed by atoms with Crippen molar-refractivity contribution >= 4 is 5.71 Å². The van der Waals surface area contributed by atoms with Crippen molar-refractivity contribution < 1.29 is 10.1 Å². The molecule has 0 bridgehead atoms. The highest BCUT2D eigenvalue weighted by Gasteiger charge is 2.30. The SMILES string of the molecule is CCN=C(C)C(CC)(CC)OO. The molecule has 0 radical (unpaired) electrons. The number of nitrogens with zero attached hydrogens (tertiary/aromatic N) is 1. The molecule has 0 fully saturated rings. The van der Waals surface area contributed by atoms with Crippen LogP contribution in [-0.2, 0) is 4.89 Å². The van der Waals surface area contributed by atoms with Crippen molar-refractivity contribution in [3.63, 3.8) is 0 Å². The van der Waals surface area contributed by atoms with Crippen LogP contribution in [0, 0.1) is 0 Å². The zero-order chi connectivity index (χ0) is 9.61. The van der Waals surface area contributed by atoms with Gasteiger partial charge in [-0.05, 0) is 26.7 Å². The second kappa shape index (κ2) is 5.27. The minimum Gasteiger partial charge on any atom is -0.292 e. The summed E-state index contributed by atoms with van der Waals surface area (Å²) in [5.74, 6) is 0. The van der Waals surface area contributed by atoms with Gasteiger partial charge in [0.05, 0.1) is 0 Å². The van der Waals surface area contributed by atoms with Crippen molar-refractivity contribution in [2.45, 2.75) is 46.1 Å². The highest BCUT2D eigenvalue weighted by atomic mass is 17.1. The van der Waals surface area contributed by atoms with Crippen molar-refractivity contribution in [2.24, 2.45) is 4.99 Å². The lowest BCUT2D eigenvalue weighted by molar-refractivity contribution is -0.301. The van der Waals surface area contributed by atoms with Gasteiger partial charge in [-0.15, -0.1) is 0 Å². The molecule has 0 atom stereocenters. The van der Waals surface area contributed by atoms with Crippen molar-refractivity contribution in [3.8, 4) is 0 Å². The molecule has 3 heteroatoms. The Kier molecular flexibility index (Phi) is 5.09. The van der Waals surface area contributed by atoms with Gasteiger partial charge in [0.1, 0.15) is 5.60 Å². The molecular weight excluding hydrogens is 154 g/mol. The quantitative estimate of drug-likeness (QED) is 0.394. The van der Waals surface area contributed by atoms with Crippen LogP contribution in [0.3, 0.4) is 0 Å². The molecule has 0 unspecified atom stereocenters. The van der Waals surface area contributed by atoms with Crippen LogP contribution in [0.15, 0.2) is 4.99 Å². The Balaban J connectivity index is 4.58. The van der Waals surface area contributed by atoms with Crippen molar-refractivity contribution in [1.29, 1.82) is 0 Å². The molecule has 72 valence electrons. The highest BCUT2D eigenvalue weighted by Crippen LogP contribution is 2.21. The van der Waals surface area contributed by atoms with Gasteiger partial charge in [0.15, 0.2) is 0 Å². The van der Waals surface area contributed by atoms with Crippen LogP contribution >= 0.6 is 0 Å². The van der Waals surface area contributed by atoms with Gasteiger partial charge in [0.2, 0.25) is 0 Å². The number of rotatable bonds is 5. The number of hydrogen-bond acceptors (Lipinski definition) is 3. The minimum absolute atomic E-state index is 0.560. The fourth-order valence-corrected chi connectivity index (χ4v) is 1.34. The molecule has 0 saturated heterocycles. The Morgan fingerprint density at radius 2 is 1.83 bits per heavy atom. The third-order valence-electron chi connectivity index (χ3n) is 2.37. The summed E-state index contributed by atoms with van der Waals surface area (Å²) in [4.78, 5) is 8.76. The first-order valence-corrected chi connectivity index (χ1v) is 4.50. The van der Waals surface area contributed by atoms with Gasteiger partial charge in [0, 0.05) is 12.3 Å². The first-order chi connectivity index (χ1) is 5.66. The van der Waals surface area contributed by atoms with Gasteiger partial charge in [-0.25, -0.2) is 4.89 Å². The second-order valence-corrected chi connectivity index (χ2v) is 2.85. The van der Waals surface area contributed by atoms with E-state index < -0.39 is 5.60 Å². The van der Waals surface area contributed by atoms with Gasteiger partial charge in [-0.2, -0.15) is 0 Å². The average molecular weight is 173 g/mol. The normalized spacial score (nSPS) is 13.6. The zero-order valence-electron chi connectivity index (χ0n) is 8.42. The smallest absolute Gasteiger partial charge is 0.140 e. The van der Waals surface area contributed by atoms with Crippen LogP contribution in [0.4, 0.5) is 0 Å². The third-order valence-corrected chi connectivity index (χ3v) is 2.37. The topological polar surface area (TPSA) is 41.8 Å². The van der Waals surface area contributed by atoms with E-state index in [1.807, 2.05) is 27.7 Å². The highest BCUT2D eigenvalue weighted by molar-refractivity contribution is 5.90. The lowest BCUT2D eigenvalue weighted by atomic mass is 9.92. The molecule has 0 aliphatic heterocycles. The van der Waals surface area contributed by atoms with Crippen LogP contribution in [0.1, 0.15) is 40.5 Å². The fraction of sp³-hybridized carbons (Fsp3) is 0.889. The first-order valence-electron chi connectivity index (χ1n) is 4.50. The Labute approximate surface area is 74.4 Å². The van der Waals surface area contributed by atoms with E-state index in [9.17, 15) is 0 Å². The summed E-state index contributed by atoms with van der Waals surface area (Å²) in [7, 11) is 0. The van der Waals surface area contributed by atoms with Crippen molar-refractivity contribution in [1.82, 2.24) is 0 Å². The van der Waals surface area contributed by atoms with Gasteiger partial charge < -0.3 is 0 Å². The summed E-state index contributed by atoms with van der Waals surface area (Å²) in [5.41, 5.74) is 0.313. The number of aliphatic imine (C=N–C) groups is 1. The molecule has 0 aliphatic carbocycles. The van der Waals surface area contributed by atoms with Crippen molar-refractivity contribution in [3.05, 3.63) is 0 Å². The van der Waals surface area contributed by atoms with Gasteiger partial charge in [0.25, 0.3) is 0 Å². The summed E-state index contributed by atoms with van der Waals surface area (Å²) in [6.07, 6.45) is 1.49. The van der Waals surface area contributed by atoms with E-state index in [0.29, 0.717) is 0 Å². The molecule has 0 heterocycles. The number of hydrogen-bond donors (Lipinski definition) is 1.